The molecule has 4 rings (SSSR count). The maximum atomic E-state index is 10.3. The molecule has 1 aliphatic carbocycles. The van der Waals surface area contributed by atoms with Crippen molar-refractivity contribution in [1.29, 1.82) is 0 Å². The molecular weight excluding hydrogens is 306 g/mol. The average Bonchev–Trinajstić information content (AvgIpc) is 3.17. The van der Waals surface area contributed by atoms with Gasteiger partial charge >= 0.3 is 0 Å². The molecule has 1 saturated carbocycles. The Morgan fingerprint density at radius 2 is 2.16 bits per heavy atom. The third-order valence-corrected chi connectivity index (χ3v) is 4.34. The van der Waals surface area contributed by atoms with E-state index in [0.717, 1.165) is 33.7 Å². The molecule has 96 valence electrons. The molecule has 1 fully saturated rings. The van der Waals surface area contributed by atoms with Crippen molar-refractivity contribution in [2.45, 2.75) is 18.9 Å². The Morgan fingerprint density at radius 3 is 2.89 bits per heavy atom. The number of aromatic nitrogens is 2. The first-order chi connectivity index (χ1) is 9.16. The normalized spacial score (nSPS) is 15.4. The molecule has 1 aromatic carbocycles. The number of para-hydroxylation sites is 1. The van der Waals surface area contributed by atoms with E-state index in [1.54, 1.807) is 0 Å². The van der Waals surface area contributed by atoms with E-state index in [4.69, 9.17) is 5.73 Å². The zero-order valence-electron chi connectivity index (χ0n) is 10.1. The van der Waals surface area contributed by atoms with Gasteiger partial charge in [-0.2, -0.15) is 0 Å². The van der Waals surface area contributed by atoms with Gasteiger partial charge in [0.2, 0.25) is 5.88 Å². The van der Waals surface area contributed by atoms with Gasteiger partial charge in [0.1, 0.15) is 0 Å². The number of nitrogens with two attached hydrogens (primary N) is 1. The quantitative estimate of drug-likeness (QED) is 0.721. The minimum Gasteiger partial charge on any atom is -0.494 e. The van der Waals surface area contributed by atoms with Crippen LogP contribution in [0.2, 0.25) is 0 Å². The summed E-state index contributed by atoms with van der Waals surface area (Å²) < 4.78 is 2.80. The number of nitrogens with zero attached hydrogens (tertiary/aromatic N) is 2. The maximum absolute atomic E-state index is 10.3. The lowest BCUT2D eigenvalue weighted by Gasteiger charge is -2.05. The van der Waals surface area contributed by atoms with Crippen LogP contribution in [0.3, 0.4) is 0 Å². The van der Waals surface area contributed by atoms with Gasteiger partial charge in [0.05, 0.1) is 22.1 Å². The molecule has 0 spiro atoms. The van der Waals surface area contributed by atoms with E-state index < -0.39 is 0 Å². The number of benzene rings is 1. The molecule has 19 heavy (non-hydrogen) atoms. The summed E-state index contributed by atoms with van der Waals surface area (Å²) in [5.41, 5.74) is 8.40. The second kappa shape index (κ2) is 3.63. The fraction of sp³-hybridized carbons (Fsp3) is 0.214. The van der Waals surface area contributed by atoms with Crippen LogP contribution in [0, 0.1) is 0 Å². The highest BCUT2D eigenvalue weighted by Gasteiger charge is 2.28. The number of fused-ring (bicyclic) bond motifs is 2. The summed E-state index contributed by atoms with van der Waals surface area (Å²) in [6.45, 7) is 0. The van der Waals surface area contributed by atoms with Gasteiger partial charge in [-0.25, -0.2) is 4.98 Å². The van der Waals surface area contributed by atoms with E-state index in [2.05, 4.69) is 20.9 Å². The summed E-state index contributed by atoms with van der Waals surface area (Å²) in [6, 6.07) is 6.19. The Labute approximate surface area is 118 Å². The zero-order valence-corrected chi connectivity index (χ0v) is 11.7. The summed E-state index contributed by atoms with van der Waals surface area (Å²) in [5.74, 6) is 0.240. The summed E-state index contributed by atoms with van der Waals surface area (Å²) >= 11 is 3.50. The van der Waals surface area contributed by atoms with E-state index in [0.29, 0.717) is 17.1 Å². The molecule has 3 N–H and O–H groups in total. The van der Waals surface area contributed by atoms with Crippen molar-refractivity contribution in [2.24, 2.45) is 0 Å². The second-order valence-electron chi connectivity index (χ2n) is 5.01. The van der Waals surface area contributed by atoms with Crippen molar-refractivity contribution in [3.63, 3.8) is 0 Å². The topological polar surface area (TPSA) is 64.1 Å². The van der Waals surface area contributed by atoms with Crippen molar-refractivity contribution in [2.75, 3.05) is 5.73 Å². The van der Waals surface area contributed by atoms with Crippen LogP contribution in [0.5, 0.6) is 5.88 Å². The minimum atomic E-state index is 0.240. The molecule has 5 heteroatoms. The van der Waals surface area contributed by atoms with Crippen LogP contribution in [0.1, 0.15) is 18.9 Å². The van der Waals surface area contributed by atoms with Crippen molar-refractivity contribution in [3.8, 4) is 5.88 Å². The van der Waals surface area contributed by atoms with Crippen LogP contribution in [0.25, 0.3) is 21.8 Å². The van der Waals surface area contributed by atoms with Crippen molar-refractivity contribution in [3.05, 3.63) is 28.9 Å². The predicted octanol–water partition coefficient (Wildman–Crippen LogP) is 3.57. The fourth-order valence-electron chi connectivity index (χ4n) is 2.58. The molecular formula is C14H12BrN3O. The van der Waals surface area contributed by atoms with Crippen LogP contribution < -0.4 is 5.73 Å². The van der Waals surface area contributed by atoms with Gasteiger partial charge in [-0.3, -0.25) is 0 Å². The van der Waals surface area contributed by atoms with Gasteiger partial charge in [0, 0.05) is 22.1 Å². The van der Waals surface area contributed by atoms with Gasteiger partial charge in [-0.1, -0.05) is 12.1 Å². The minimum absolute atomic E-state index is 0.240. The van der Waals surface area contributed by atoms with Gasteiger partial charge in [-0.05, 0) is 34.8 Å². The molecule has 0 aliphatic heterocycles. The standard InChI is InChI=1S/C14H12BrN3O/c15-9-3-1-2-8-12(16)11-10(17-13(8)9)6-18(14(11)19)7-4-5-7/h1-3,6-7,19H,4-5,16H2. The lowest BCUT2D eigenvalue weighted by molar-refractivity contribution is 0.424. The van der Waals surface area contributed by atoms with E-state index >= 15 is 0 Å². The maximum Gasteiger partial charge on any atom is 0.203 e. The van der Waals surface area contributed by atoms with Crippen LogP contribution in [-0.4, -0.2) is 14.7 Å². The Morgan fingerprint density at radius 1 is 1.37 bits per heavy atom. The zero-order chi connectivity index (χ0) is 13.1. The molecule has 4 nitrogen and oxygen atoms in total. The Balaban J connectivity index is 2.17. The van der Waals surface area contributed by atoms with Crippen molar-refractivity contribution < 1.29 is 5.11 Å². The van der Waals surface area contributed by atoms with Crippen molar-refractivity contribution in [1.82, 2.24) is 9.55 Å². The number of halogens is 1. The number of hydrogen-bond donors (Lipinski definition) is 2. The first-order valence-electron chi connectivity index (χ1n) is 6.24. The SMILES string of the molecule is Nc1c2cccc(Br)c2nc2cn(C3CC3)c(O)c12. The summed E-state index contributed by atoms with van der Waals surface area (Å²) in [5, 5.41) is 11.9. The highest BCUT2D eigenvalue weighted by atomic mass is 79.9. The summed E-state index contributed by atoms with van der Waals surface area (Å²) in [4.78, 5) is 4.62. The number of aromatic hydroxyl groups is 1. The predicted molar refractivity (Wildman–Crippen MR) is 79.3 cm³/mol. The van der Waals surface area contributed by atoms with Crippen LogP contribution in [-0.2, 0) is 0 Å². The van der Waals surface area contributed by atoms with Crippen LogP contribution in [0.4, 0.5) is 5.69 Å². The third-order valence-electron chi connectivity index (χ3n) is 3.70. The van der Waals surface area contributed by atoms with Crippen molar-refractivity contribution >= 4 is 43.4 Å². The third kappa shape index (κ3) is 1.48. The number of hydrogen-bond acceptors (Lipinski definition) is 3. The Hall–Kier alpha value is -1.75. The van der Waals surface area contributed by atoms with Gasteiger partial charge < -0.3 is 15.4 Å². The first-order valence-corrected chi connectivity index (χ1v) is 7.03. The van der Waals surface area contributed by atoms with E-state index in [1.807, 2.05) is 29.0 Å². The van der Waals surface area contributed by atoms with E-state index in [9.17, 15) is 5.11 Å². The molecule has 3 aromatic rings. The average molecular weight is 318 g/mol. The summed E-state index contributed by atoms with van der Waals surface area (Å²) in [7, 11) is 0. The lowest BCUT2D eigenvalue weighted by Crippen LogP contribution is -1.92. The fourth-order valence-corrected chi connectivity index (χ4v) is 3.03. The van der Waals surface area contributed by atoms with E-state index in [-0.39, 0.29) is 5.88 Å². The number of nitrogen functional groups attached to an aromatic ring is 1. The first kappa shape index (κ1) is 11.1. The van der Waals surface area contributed by atoms with Crippen LogP contribution in [0.15, 0.2) is 28.9 Å². The van der Waals surface area contributed by atoms with E-state index in [1.165, 1.54) is 0 Å². The number of pyridine rings is 1. The number of anilines is 1. The highest BCUT2D eigenvalue weighted by molar-refractivity contribution is 9.10. The monoisotopic (exact) mass is 317 g/mol. The van der Waals surface area contributed by atoms with Crippen LogP contribution >= 0.6 is 15.9 Å². The van der Waals surface area contributed by atoms with Gasteiger partial charge in [0.25, 0.3) is 0 Å². The molecule has 0 unspecified atom stereocenters. The second-order valence-corrected chi connectivity index (χ2v) is 5.87. The smallest absolute Gasteiger partial charge is 0.203 e. The molecule has 0 amide bonds. The Kier molecular flexibility index (Phi) is 2.12. The van der Waals surface area contributed by atoms with Gasteiger partial charge in [0.15, 0.2) is 0 Å². The molecule has 2 heterocycles. The number of rotatable bonds is 1. The Bertz CT molecular complexity index is 821. The largest absolute Gasteiger partial charge is 0.494 e. The van der Waals surface area contributed by atoms with Gasteiger partial charge in [-0.15, -0.1) is 0 Å². The summed E-state index contributed by atoms with van der Waals surface area (Å²) in [6.07, 6.45) is 4.12. The molecule has 0 bridgehead atoms. The lowest BCUT2D eigenvalue weighted by atomic mass is 10.1. The molecule has 0 saturated heterocycles. The molecule has 0 atom stereocenters. The molecule has 0 radical (unpaired) electrons. The highest BCUT2D eigenvalue weighted by Crippen LogP contribution is 2.44. The molecule has 2 aromatic heterocycles. The molecule has 1 aliphatic rings.